The molecule has 2 amide bonds. The molecule has 2 heterocycles. The Morgan fingerprint density at radius 2 is 1.63 bits per heavy atom. The van der Waals surface area contributed by atoms with Gasteiger partial charge in [-0.1, -0.05) is 24.3 Å². The van der Waals surface area contributed by atoms with E-state index in [2.05, 4.69) is 30.1 Å². The van der Waals surface area contributed by atoms with Crippen molar-refractivity contribution in [1.29, 1.82) is 0 Å². The lowest BCUT2D eigenvalue weighted by atomic mass is 9.90. The SMILES string of the molecule is CN1CCc2ccc(N3CCN(C4CCC(N(CC(=O)O)S(=O)(=O)c5ccccc5)CC4)C3=O)cc2CC1. The summed E-state index contributed by atoms with van der Waals surface area (Å²) in [6.45, 7) is 2.75. The lowest BCUT2D eigenvalue weighted by Gasteiger charge is -2.38. The number of sulfonamides is 1. The second kappa shape index (κ2) is 11.0. The van der Waals surface area contributed by atoms with Gasteiger partial charge in [-0.25, -0.2) is 13.2 Å². The van der Waals surface area contributed by atoms with Crippen LogP contribution in [0.25, 0.3) is 0 Å². The van der Waals surface area contributed by atoms with Crippen molar-refractivity contribution in [3.05, 3.63) is 59.7 Å². The molecular weight excluding hydrogens is 504 g/mol. The molecule has 0 aromatic heterocycles. The maximum atomic E-state index is 13.5. The van der Waals surface area contributed by atoms with Gasteiger partial charge in [0.05, 0.1) is 4.90 Å². The number of amides is 2. The van der Waals surface area contributed by atoms with Gasteiger partial charge in [-0.05, 0) is 81.0 Å². The highest BCUT2D eigenvalue weighted by atomic mass is 32.2. The van der Waals surface area contributed by atoms with Crippen LogP contribution in [0.15, 0.2) is 53.4 Å². The van der Waals surface area contributed by atoms with E-state index in [9.17, 15) is 23.1 Å². The number of urea groups is 1. The minimum absolute atomic E-state index is 0.00145. The van der Waals surface area contributed by atoms with Gasteiger partial charge in [-0.15, -0.1) is 0 Å². The normalized spacial score (nSPS) is 22.9. The number of carbonyl (C=O) groups excluding carboxylic acids is 1. The summed E-state index contributed by atoms with van der Waals surface area (Å²) in [4.78, 5) is 31.2. The predicted molar refractivity (Wildman–Crippen MR) is 145 cm³/mol. The summed E-state index contributed by atoms with van der Waals surface area (Å²) in [5, 5.41) is 9.46. The van der Waals surface area contributed by atoms with Crippen LogP contribution in [0.3, 0.4) is 0 Å². The highest BCUT2D eigenvalue weighted by Crippen LogP contribution is 2.33. The molecule has 5 rings (SSSR count). The van der Waals surface area contributed by atoms with Crippen molar-refractivity contribution in [2.24, 2.45) is 0 Å². The molecule has 204 valence electrons. The van der Waals surface area contributed by atoms with Gasteiger partial charge in [0, 0.05) is 44.0 Å². The van der Waals surface area contributed by atoms with E-state index in [-0.39, 0.29) is 17.0 Å². The van der Waals surface area contributed by atoms with Crippen LogP contribution in [0.2, 0.25) is 0 Å². The second-order valence-electron chi connectivity index (χ2n) is 10.6. The van der Waals surface area contributed by atoms with Gasteiger partial charge in [-0.2, -0.15) is 4.31 Å². The molecule has 3 aliphatic rings. The number of hydrogen-bond donors (Lipinski definition) is 1. The Balaban J connectivity index is 1.25. The molecule has 0 unspecified atom stereocenters. The fraction of sp³-hybridized carbons (Fsp3) is 0.500. The van der Waals surface area contributed by atoms with E-state index in [0.29, 0.717) is 38.8 Å². The van der Waals surface area contributed by atoms with E-state index in [1.807, 2.05) is 9.80 Å². The number of carbonyl (C=O) groups is 2. The van der Waals surface area contributed by atoms with Gasteiger partial charge >= 0.3 is 12.0 Å². The third-order valence-corrected chi connectivity index (χ3v) is 10.1. The van der Waals surface area contributed by atoms with E-state index in [1.54, 1.807) is 18.2 Å². The Kier molecular flexibility index (Phi) is 7.74. The molecule has 2 fully saturated rings. The first-order valence-electron chi connectivity index (χ1n) is 13.4. The monoisotopic (exact) mass is 540 g/mol. The third-order valence-electron chi connectivity index (χ3n) is 8.22. The average Bonchev–Trinajstić information content (AvgIpc) is 3.20. The van der Waals surface area contributed by atoms with Crippen LogP contribution >= 0.6 is 0 Å². The number of aliphatic carboxylic acids is 1. The summed E-state index contributed by atoms with van der Waals surface area (Å²) >= 11 is 0. The Morgan fingerprint density at radius 3 is 2.32 bits per heavy atom. The number of benzene rings is 2. The fourth-order valence-electron chi connectivity index (χ4n) is 6.05. The van der Waals surface area contributed by atoms with Crippen LogP contribution in [0.5, 0.6) is 0 Å². The van der Waals surface area contributed by atoms with Crippen molar-refractivity contribution in [2.75, 3.05) is 44.7 Å². The number of rotatable bonds is 7. The molecule has 2 aromatic carbocycles. The number of fused-ring (bicyclic) bond motifs is 1. The van der Waals surface area contributed by atoms with Gasteiger partial charge in [0.25, 0.3) is 0 Å². The second-order valence-corrected chi connectivity index (χ2v) is 12.5. The summed E-state index contributed by atoms with van der Waals surface area (Å²) in [5.41, 5.74) is 3.61. The van der Waals surface area contributed by atoms with Gasteiger partial charge in [0.15, 0.2) is 0 Å². The third kappa shape index (κ3) is 5.43. The number of nitrogens with zero attached hydrogens (tertiary/aromatic N) is 4. The molecule has 1 N–H and O–H groups in total. The Morgan fingerprint density at radius 1 is 0.947 bits per heavy atom. The first-order chi connectivity index (χ1) is 18.2. The lowest BCUT2D eigenvalue weighted by molar-refractivity contribution is -0.137. The molecule has 0 atom stereocenters. The Hall–Kier alpha value is -2.95. The summed E-state index contributed by atoms with van der Waals surface area (Å²) in [6.07, 6.45) is 4.31. The molecular formula is C28H36N4O5S. The average molecular weight is 541 g/mol. The maximum absolute atomic E-state index is 13.5. The number of hydrogen-bond acceptors (Lipinski definition) is 5. The minimum atomic E-state index is -3.94. The van der Waals surface area contributed by atoms with Crippen LogP contribution in [0.1, 0.15) is 36.8 Å². The van der Waals surface area contributed by atoms with Crippen LogP contribution in [-0.2, 0) is 27.7 Å². The number of anilines is 1. The highest BCUT2D eigenvalue weighted by Gasteiger charge is 2.40. The van der Waals surface area contributed by atoms with Crippen molar-refractivity contribution in [1.82, 2.24) is 14.1 Å². The number of likely N-dealkylation sites (N-methyl/N-ethyl adjacent to an activating group) is 1. The minimum Gasteiger partial charge on any atom is -0.480 e. The van der Waals surface area contributed by atoms with E-state index < -0.39 is 28.6 Å². The van der Waals surface area contributed by atoms with E-state index in [4.69, 9.17) is 0 Å². The van der Waals surface area contributed by atoms with Crippen molar-refractivity contribution in [2.45, 2.75) is 55.5 Å². The smallest absolute Gasteiger partial charge is 0.324 e. The number of carboxylic acids is 1. The molecule has 2 aliphatic heterocycles. The molecule has 1 saturated heterocycles. The van der Waals surface area contributed by atoms with Crippen LogP contribution < -0.4 is 4.90 Å². The van der Waals surface area contributed by atoms with Gasteiger partial charge in [0.1, 0.15) is 6.54 Å². The molecule has 38 heavy (non-hydrogen) atoms. The molecule has 10 heteroatoms. The van der Waals surface area contributed by atoms with Crippen LogP contribution in [-0.4, -0.2) is 91.5 Å². The van der Waals surface area contributed by atoms with E-state index in [1.165, 1.54) is 23.3 Å². The maximum Gasteiger partial charge on any atom is 0.324 e. The van der Waals surface area contributed by atoms with Gasteiger partial charge in [-0.3, -0.25) is 9.69 Å². The zero-order valence-corrected chi connectivity index (χ0v) is 22.6. The van der Waals surface area contributed by atoms with Crippen molar-refractivity contribution >= 4 is 27.7 Å². The largest absolute Gasteiger partial charge is 0.480 e. The Labute approximate surface area is 224 Å². The first kappa shape index (κ1) is 26.6. The molecule has 1 aliphatic carbocycles. The van der Waals surface area contributed by atoms with Gasteiger partial charge in [0.2, 0.25) is 10.0 Å². The quantitative estimate of drug-likeness (QED) is 0.579. The number of carboxylic acid groups (broad SMARTS) is 1. The molecule has 0 bridgehead atoms. The van der Waals surface area contributed by atoms with Crippen molar-refractivity contribution in [3.63, 3.8) is 0 Å². The highest BCUT2D eigenvalue weighted by molar-refractivity contribution is 7.89. The zero-order chi connectivity index (χ0) is 26.9. The summed E-state index contributed by atoms with van der Waals surface area (Å²) in [6, 6.07) is 14.0. The summed E-state index contributed by atoms with van der Waals surface area (Å²) in [7, 11) is -1.80. The van der Waals surface area contributed by atoms with E-state index >= 15 is 0 Å². The Bertz CT molecular complexity index is 1280. The van der Waals surface area contributed by atoms with Crippen molar-refractivity contribution in [3.8, 4) is 0 Å². The van der Waals surface area contributed by atoms with Crippen LogP contribution in [0, 0.1) is 0 Å². The van der Waals surface area contributed by atoms with Crippen LogP contribution in [0.4, 0.5) is 10.5 Å². The van der Waals surface area contributed by atoms with Gasteiger partial charge < -0.3 is 14.9 Å². The zero-order valence-electron chi connectivity index (χ0n) is 21.8. The topological polar surface area (TPSA) is 101 Å². The predicted octanol–water partition coefficient (Wildman–Crippen LogP) is 3.05. The standard InChI is InChI=1S/C28H36N4O5S/c1-29-15-13-21-7-8-25(19-22(21)14-16-29)31-18-17-30(28(31)35)23-9-11-24(12-10-23)32(20-27(33)34)38(36,37)26-5-3-2-4-6-26/h2-8,19,23-24H,9-18,20H2,1H3,(H,33,34). The lowest BCUT2D eigenvalue weighted by Crippen LogP contribution is -2.48. The molecule has 0 spiro atoms. The van der Waals surface area contributed by atoms with E-state index in [0.717, 1.165) is 35.9 Å². The first-order valence-corrected chi connectivity index (χ1v) is 14.8. The molecule has 9 nitrogen and oxygen atoms in total. The molecule has 0 radical (unpaired) electrons. The molecule has 1 saturated carbocycles. The summed E-state index contributed by atoms with van der Waals surface area (Å²) in [5.74, 6) is -1.18. The summed E-state index contributed by atoms with van der Waals surface area (Å²) < 4.78 is 27.7. The van der Waals surface area contributed by atoms with Crippen molar-refractivity contribution < 1.29 is 23.1 Å². The fourth-order valence-corrected chi connectivity index (χ4v) is 7.71. The molecule has 2 aromatic rings.